The van der Waals surface area contributed by atoms with Gasteiger partial charge in [-0.2, -0.15) is 0 Å². The summed E-state index contributed by atoms with van der Waals surface area (Å²) in [5, 5.41) is 8.36. The van der Waals surface area contributed by atoms with E-state index in [-0.39, 0.29) is 30.7 Å². The summed E-state index contributed by atoms with van der Waals surface area (Å²) in [7, 11) is 0. The number of halogens is 1. The minimum atomic E-state index is -0.339. The molecule has 1 fully saturated rings. The standard InChI is InChI=1S/C24H32ClN5O4S/c1-2-9-30(23(33)18-4-6-19(25)7-5-18)16-22(32)28-24-27-20(17-35-24)15-21(31)26-8-3-10-29-11-13-34-14-12-29/h4-7,17H,2-3,8-16H2,1H3,(H,26,31)(H,27,28,32). The topological polar surface area (TPSA) is 104 Å². The van der Waals surface area contributed by atoms with E-state index < -0.39 is 0 Å². The van der Waals surface area contributed by atoms with E-state index in [1.165, 1.54) is 16.2 Å². The van der Waals surface area contributed by atoms with Crippen LogP contribution in [0.1, 0.15) is 35.8 Å². The first-order chi connectivity index (χ1) is 16.9. The maximum Gasteiger partial charge on any atom is 0.254 e. The number of rotatable bonds is 12. The molecule has 0 radical (unpaired) electrons. The van der Waals surface area contributed by atoms with Crippen LogP contribution in [0.3, 0.4) is 0 Å². The fourth-order valence-corrected chi connectivity index (χ4v) is 4.51. The van der Waals surface area contributed by atoms with Crippen LogP contribution in [0.15, 0.2) is 29.6 Å². The Morgan fingerprint density at radius 1 is 1.17 bits per heavy atom. The predicted octanol–water partition coefficient (Wildman–Crippen LogP) is 2.67. The van der Waals surface area contributed by atoms with Crippen molar-refractivity contribution in [3.8, 4) is 0 Å². The quantitative estimate of drug-likeness (QED) is 0.416. The number of amides is 3. The van der Waals surface area contributed by atoms with Gasteiger partial charge in [0, 0.05) is 42.1 Å². The van der Waals surface area contributed by atoms with Crippen LogP contribution in [0.4, 0.5) is 5.13 Å². The molecular formula is C24H32ClN5O4S. The van der Waals surface area contributed by atoms with Crippen molar-refractivity contribution in [3.63, 3.8) is 0 Å². The SMILES string of the molecule is CCCN(CC(=O)Nc1nc(CC(=O)NCCCN2CCOCC2)cs1)C(=O)c1ccc(Cl)cc1. The minimum absolute atomic E-state index is 0.0894. The van der Waals surface area contributed by atoms with E-state index in [1.54, 1.807) is 29.6 Å². The molecule has 2 N–H and O–H groups in total. The molecule has 0 saturated carbocycles. The molecule has 0 unspecified atom stereocenters. The third kappa shape index (κ3) is 9.21. The summed E-state index contributed by atoms with van der Waals surface area (Å²) in [6.45, 7) is 7.26. The summed E-state index contributed by atoms with van der Waals surface area (Å²) >= 11 is 7.15. The van der Waals surface area contributed by atoms with Crippen molar-refractivity contribution in [2.45, 2.75) is 26.2 Å². The number of morpholine rings is 1. The lowest BCUT2D eigenvalue weighted by Crippen LogP contribution is -2.38. The number of hydrogen-bond acceptors (Lipinski definition) is 7. The van der Waals surface area contributed by atoms with E-state index in [9.17, 15) is 14.4 Å². The van der Waals surface area contributed by atoms with E-state index in [0.29, 0.717) is 34.5 Å². The number of anilines is 1. The van der Waals surface area contributed by atoms with Gasteiger partial charge in [-0.15, -0.1) is 11.3 Å². The summed E-state index contributed by atoms with van der Waals surface area (Å²) in [6.07, 6.45) is 1.75. The molecular weight excluding hydrogens is 490 g/mol. The molecule has 1 aromatic carbocycles. The number of ether oxygens (including phenoxy) is 1. The Labute approximate surface area is 214 Å². The number of benzene rings is 1. The molecule has 0 bridgehead atoms. The maximum atomic E-state index is 12.8. The lowest BCUT2D eigenvalue weighted by molar-refractivity contribution is -0.120. The smallest absolute Gasteiger partial charge is 0.254 e. The molecule has 2 aromatic rings. The number of aromatic nitrogens is 1. The van der Waals surface area contributed by atoms with Gasteiger partial charge in [0.15, 0.2) is 5.13 Å². The zero-order valence-electron chi connectivity index (χ0n) is 19.9. The van der Waals surface area contributed by atoms with Crippen LogP contribution in [-0.4, -0.2) is 85.0 Å². The second-order valence-corrected chi connectivity index (χ2v) is 9.55. The Morgan fingerprint density at radius 2 is 1.91 bits per heavy atom. The molecule has 1 aromatic heterocycles. The largest absolute Gasteiger partial charge is 0.379 e. The van der Waals surface area contributed by atoms with Crippen LogP contribution in [0.2, 0.25) is 5.02 Å². The normalized spacial score (nSPS) is 13.9. The van der Waals surface area contributed by atoms with Crippen molar-refractivity contribution >= 4 is 45.8 Å². The molecule has 3 amide bonds. The van der Waals surface area contributed by atoms with Gasteiger partial charge >= 0.3 is 0 Å². The van der Waals surface area contributed by atoms with Crippen molar-refractivity contribution in [2.75, 3.05) is 57.8 Å². The Morgan fingerprint density at radius 3 is 2.63 bits per heavy atom. The summed E-state index contributed by atoms with van der Waals surface area (Å²) in [6, 6.07) is 6.59. The molecule has 35 heavy (non-hydrogen) atoms. The number of nitrogens with one attached hydrogen (secondary N) is 2. The third-order valence-corrected chi connectivity index (χ3v) is 6.48. The van der Waals surface area contributed by atoms with Crippen LogP contribution < -0.4 is 10.6 Å². The summed E-state index contributed by atoms with van der Waals surface area (Å²) < 4.78 is 5.33. The van der Waals surface area contributed by atoms with Crippen LogP contribution in [0.25, 0.3) is 0 Å². The number of hydrogen-bond donors (Lipinski definition) is 2. The Bertz CT molecular complexity index is 979. The van der Waals surface area contributed by atoms with E-state index >= 15 is 0 Å². The predicted molar refractivity (Wildman–Crippen MR) is 137 cm³/mol. The summed E-state index contributed by atoms with van der Waals surface area (Å²) in [5.74, 6) is -0.671. The molecule has 1 aliphatic rings. The highest BCUT2D eigenvalue weighted by molar-refractivity contribution is 7.13. The van der Waals surface area contributed by atoms with E-state index in [4.69, 9.17) is 16.3 Å². The maximum absolute atomic E-state index is 12.8. The van der Waals surface area contributed by atoms with Gasteiger partial charge in [0.2, 0.25) is 11.8 Å². The number of carbonyl (C=O) groups is 3. The molecule has 9 nitrogen and oxygen atoms in total. The fraction of sp³-hybridized carbons (Fsp3) is 0.500. The third-order valence-electron chi connectivity index (χ3n) is 5.42. The van der Waals surface area contributed by atoms with Crippen LogP contribution in [0.5, 0.6) is 0 Å². The van der Waals surface area contributed by atoms with E-state index in [0.717, 1.165) is 45.7 Å². The van der Waals surface area contributed by atoms with E-state index in [2.05, 4.69) is 20.5 Å². The second-order valence-electron chi connectivity index (χ2n) is 8.26. The average molecular weight is 522 g/mol. The highest BCUT2D eigenvalue weighted by Gasteiger charge is 2.19. The number of carbonyl (C=O) groups excluding carboxylic acids is 3. The highest BCUT2D eigenvalue weighted by atomic mass is 35.5. The van der Waals surface area contributed by atoms with Gasteiger partial charge in [0.25, 0.3) is 5.91 Å². The highest BCUT2D eigenvalue weighted by Crippen LogP contribution is 2.16. The van der Waals surface area contributed by atoms with Crippen molar-refractivity contribution in [1.82, 2.24) is 20.1 Å². The lowest BCUT2D eigenvalue weighted by atomic mass is 10.2. The van der Waals surface area contributed by atoms with Crippen LogP contribution in [-0.2, 0) is 20.7 Å². The zero-order valence-corrected chi connectivity index (χ0v) is 21.5. The van der Waals surface area contributed by atoms with Crippen molar-refractivity contribution in [1.29, 1.82) is 0 Å². The van der Waals surface area contributed by atoms with Gasteiger partial charge < -0.3 is 20.3 Å². The number of nitrogens with zero attached hydrogens (tertiary/aromatic N) is 3. The molecule has 2 heterocycles. The monoisotopic (exact) mass is 521 g/mol. The first-order valence-corrected chi connectivity index (χ1v) is 13.1. The first-order valence-electron chi connectivity index (χ1n) is 11.8. The van der Waals surface area contributed by atoms with Crippen molar-refractivity contribution in [3.05, 3.63) is 45.9 Å². The van der Waals surface area contributed by atoms with Crippen molar-refractivity contribution in [2.24, 2.45) is 0 Å². The molecule has 0 atom stereocenters. The average Bonchev–Trinajstić information content (AvgIpc) is 3.28. The van der Waals surface area contributed by atoms with Gasteiger partial charge in [-0.05, 0) is 43.7 Å². The summed E-state index contributed by atoms with van der Waals surface area (Å²) in [5.41, 5.74) is 1.07. The van der Waals surface area contributed by atoms with Crippen LogP contribution in [0, 0.1) is 0 Å². The Kier molecular flexibility index (Phi) is 10.9. The fourth-order valence-electron chi connectivity index (χ4n) is 3.66. The van der Waals surface area contributed by atoms with Crippen molar-refractivity contribution < 1.29 is 19.1 Å². The molecule has 1 saturated heterocycles. The van der Waals surface area contributed by atoms with Gasteiger partial charge in [-0.3, -0.25) is 19.3 Å². The summed E-state index contributed by atoms with van der Waals surface area (Å²) in [4.78, 5) is 45.8. The van der Waals surface area contributed by atoms with Gasteiger partial charge in [0.05, 0.1) is 25.3 Å². The molecule has 3 rings (SSSR count). The lowest BCUT2D eigenvalue weighted by Gasteiger charge is -2.26. The zero-order chi connectivity index (χ0) is 25.0. The van der Waals surface area contributed by atoms with Gasteiger partial charge in [-0.1, -0.05) is 18.5 Å². The molecule has 190 valence electrons. The molecule has 0 spiro atoms. The molecule has 1 aliphatic heterocycles. The Balaban J connectivity index is 1.42. The number of thiazole rings is 1. The minimum Gasteiger partial charge on any atom is -0.379 e. The second kappa shape index (κ2) is 14.1. The van der Waals surface area contributed by atoms with E-state index in [1.807, 2.05) is 6.92 Å². The van der Waals surface area contributed by atoms with Gasteiger partial charge in [0.1, 0.15) is 6.54 Å². The molecule has 0 aliphatic carbocycles. The molecule has 11 heteroatoms. The van der Waals surface area contributed by atoms with Crippen LogP contribution >= 0.6 is 22.9 Å². The Hall–Kier alpha value is -2.53. The van der Waals surface area contributed by atoms with Gasteiger partial charge in [-0.25, -0.2) is 4.98 Å². The first kappa shape index (κ1) is 27.1.